The Morgan fingerprint density at radius 3 is 2.06 bits per heavy atom. The van der Waals surface area contributed by atoms with E-state index in [1.54, 1.807) is 24.3 Å². The van der Waals surface area contributed by atoms with Gasteiger partial charge in [0.05, 0.1) is 4.90 Å². The molecule has 8 nitrogen and oxygen atoms in total. The summed E-state index contributed by atoms with van der Waals surface area (Å²) >= 11 is 0. The zero-order valence-electron chi connectivity index (χ0n) is 19.6. The van der Waals surface area contributed by atoms with Crippen molar-refractivity contribution >= 4 is 21.8 Å². The van der Waals surface area contributed by atoms with E-state index in [2.05, 4.69) is 10.2 Å². The fourth-order valence-corrected chi connectivity index (χ4v) is 5.70. The Kier molecular flexibility index (Phi) is 7.95. The molecular formula is C23H36N4O4S. The first-order valence-corrected chi connectivity index (χ1v) is 12.9. The lowest BCUT2D eigenvalue weighted by atomic mass is 9.95. The number of rotatable bonds is 6. The molecule has 0 aliphatic carbocycles. The fraction of sp³-hybridized carbons (Fsp3) is 0.652. The van der Waals surface area contributed by atoms with Crippen LogP contribution in [0, 0.1) is 18.8 Å². The number of piperidine rings is 1. The molecule has 2 aliphatic rings. The van der Waals surface area contributed by atoms with Crippen molar-refractivity contribution in [1.82, 2.24) is 19.4 Å². The van der Waals surface area contributed by atoms with Crippen LogP contribution in [0.25, 0.3) is 0 Å². The first-order chi connectivity index (χ1) is 15.1. The summed E-state index contributed by atoms with van der Waals surface area (Å²) in [5.74, 6) is -0.492. The van der Waals surface area contributed by atoms with E-state index in [4.69, 9.17) is 0 Å². The minimum absolute atomic E-state index is 0.0203. The third kappa shape index (κ3) is 5.68. The molecule has 0 aromatic heterocycles. The normalized spacial score (nSPS) is 20.3. The van der Waals surface area contributed by atoms with Gasteiger partial charge in [0, 0.05) is 45.2 Å². The number of piperazine rings is 1. The minimum atomic E-state index is -3.56. The van der Waals surface area contributed by atoms with Crippen LogP contribution >= 0.6 is 0 Å². The van der Waals surface area contributed by atoms with Gasteiger partial charge in [0.1, 0.15) is 6.04 Å². The average molecular weight is 465 g/mol. The quantitative estimate of drug-likeness (QED) is 0.686. The molecule has 2 saturated heterocycles. The van der Waals surface area contributed by atoms with Crippen molar-refractivity contribution < 1.29 is 18.0 Å². The number of hydrogen-bond acceptors (Lipinski definition) is 5. The summed E-state index contributed by atoms with van der Waals surface area (Å²) in [4.78, 5) is 30.3. The Bertz CT molecular complexity index is 900. The Morgan fingerprint density at radius 1 is 0.969 bits per heavy atom. The Balaban J connectivity index is 1.58. The molecule has 0 spiro atoms. The number of sulfonamides is 1. The predicted molar refractivity (Wildman–Crippen MR) is 124 cm³/mol. The van der Waals surface area contributed by atoms with Crippen molar-refractivity contribution in [3.05, 3.63) is 29.8 Å². The monoisotopic (exact) mass is 464 g/mol. The Hall–Kier alpha value is -1.97. The average Bonchev–Trinajstić information content (AvgIpc) is 2.77. The van der Waals surface area contributed by atoms with Gasteiger partial charge in [-0.1, -0.05) is 31.5 Å². The molecule has 9 heteroatoms. The van der Waals surface area contributed by atoms with Gasteiger partial charge in [-0.25, -0.2) is 8.42 Å². The first-order valence-electron chi connectivity index (χ1n) is 11.4. The lowest BCUT2D eigenvalue weighted by molar-refractivity contribution is -0.140. The van der Waals surface area contributed by atoms with Gasteiger partial charge in [-0.05, 0) is 44.9 Å². The third-order valence-electron chi connectivity index (χ3n) is 6.53. The number of amides is 2. The van der Waals surface area contributed by atoms with E-state index in [0.717, 1.165) is 18.7 Å². The highest BCUT2D eigenvalue weighted by molar-refractivity contribution is 7.89. The van der Waals surface area contributed by atoms with Gasteiger partial charge in [-0.2, -0.15) is 4.31 Å². The summed E-state index contributed by atoms with van der Waals surface area (Å²) in [5, 5.41) is 2.97. The smallest absolute Gasteiger partial charge is 0.245 e. The van der Waals surface area contributed by atoms with Crippen molar-refractivity contribution in [2.75, 3.05) is 46.3 Å². The van der Waals surface area contributed by atoms with Crippen LogP contribution in [0.15, 0.2) is 29.2 Å². The highest BCUT2D eigenvalue weighted by atomic mass is 32.2. The molecule has 178 valence electrons. The molecule has 0 unspecified atom stereocenters. The van der Waals surface area contributed by atoms with E-state index in [0.29, 0.717) is 39.0 Å². The summed E-state index contributed by atoms with van der Waals surface area (Å²) in [6, 6.07) is 6.27. The molecule has 2 heterocycles. The van der Waals surface area contributed by atoms with E-state index in [-0.39, 0.29) is 28.5 Å². The van der Waals surface area contributed by atoms with Crippen LogP contribution in [0.2, 0.25) is 0 Å². The van der Waals surface area contributed by atoms with E-state index in [9.17, 15) is 18.0 Å². The summed E-state index contributed by atoms with van der Waals surface area (Å²) in [5.41, 5.74) is 1.00. The second-order valence-electron chi connectivity index (χ2n) is 9.35. The van der Waals surface area contributed by atoms with Crippen molar-refractivity contribution in [1.29, 1.82) is 0 Å². The number of hydrogen-bond donors (Lipinski definition) is 1. The second kappa shape index (κ2) is 10.3. The largest absolute Gasteiger partial charge is 0.344 e. The summed E-state index contributed by atoms with van der Waals surface area (Å²) in [6.07, 6.45) is 0.898. The maximum Gasteiger partial charge on any atom is 0.245 e. The molecule has 1 atom stereocenters. The number of carbonyl (C=O) groups is 2. The van der Waals surface area contributed by atoms with Crippen molar-refractivity contribution in [2.45, 2.75) is 44.6 Å². The Morgan fingerprint density at radius 2 is 1.53 bits per heavy atom. The molecule has 2 amide bonds. The molecule has 3 rings (SSSR count). The number of carbonyl (C=O) groups excluding carboxylic acids is 2. The molecule has 2 fully saturated rings. The highest BCUT2D eigenvalue weighted by Crippen LogP contribution is 2.24. The van der Waals surface area contributed by atoms with Crippen molar-refractivity contribution in [3.63, 3.8) is 0 Å². The van der Waals surface area contributed by atoms with Crippen LogP contribution in [0.3, 0.4) is 0 Å². The van der Waals surface area contributed by atoms with Crippen molar-refractivity contribution in [3.8, 4) is 0 Å². The van der Waals surface area contributed by atoms with E-state index in [1.165, 1.54) is 4.31 Å². The predicted octanol–water partition coefficient (Wildman–Crippen LogP) is 1.31. The second-order valence-corrected chi connectivity index (χ2v) is 11.3. The number of benzene rings is 1. The van der Waals surface area contributed by atoms with Crippen LogP contribution in [0.5, 0.6) is 0 Å². The highest BCUT2D eigenvalue weighted by Gasteiger charge is 2.35. The molecular weight excluding hydrogens is 428 g/mol. The standard InChI is InChI=1S/C23H36N4O4S/c1-17(2)21(23(29)26-15-13-25(4)14-16-26)24-22(28)19-9-11-27(12-10-19)32(30,31)20-7-5-18(3)6-8-20/h5-8,17,19,21H,9-16H2,1-4H3,(H,24,28)/t21-/m0/s1. The molecule has 0 bridgehead atoms. The topological polar surface area (TPSA) is 90.0 Å². The van der Waals surface area contributed by atoms with Gasteiger partial charge < -0.3 is 15.1 Å². The van der Waals surface area contributed by atoms with E-state index in [1.807, 2.05) is 32.7 Å². The first kappa shape index (κ1) is 24.7. The summed E-state index contributed by atoms with van der Waals surface area (Å²) < 4.78 is 27.3. The van der Waals surface area contributed by atoms with Gasteiger partial charge in [0.25, 0.3) is 0 Å². The van der Waals surface area contributed by atoms with Crippen LogP contribution in [0.4, 0.5) is 0 Å². The molecule has 1 N–H and O–H groups in total. The number of likely N-dealkylation sites (N-methyl/N-ethyl adjacent to an activating group) is 1. The van der Waals surface area contributed by atoms with E-state index >= 15 is 0 Å². The third-order valence-corrected chi connectivity index (χ3v) is 8.44. The molecule has 1 aromatic rings. The van der Waals surface area contributed by atoms with Gasteiger partial charge in [-0.3, -0.25) is 9.59 Å². The molecule has 0 saturated carbocycles. The molecule has 2 aliphatic heterocycles. The maximum atomic E-state index is 13.0. The maximum absolute atomic E-state index is 13.0. The van der Waals surface area contributed by atoms with Crippen LogP contribution in [-0.2, 0) is 19.6 Å². The molecule has 1 aromatic carbocycles. The van der Waals surface area contributed by atoms with Crippen LogP contribution in [0.1, 0.15) is 32.3 Å². The summed E-state index contributed by atoms with van der Waals surface area (Å²) in [6.45, 7) is 9.40. The summed E-state index contributed by atoms with van der Waals surface area (Å²) in [7, 11) is -1.52. The number of nitrogens with zero attached hydrogens (tertiary/aromatic N) is 3. The van der Waals surface area contributed by atoms with Crippen molar-refractivity contribution in [2.24, 2.45) is 11.8 Å². The zero-order chi connectivity index (χ0) is 23.5. The Labute approximate surface area is 192 Å². The number of nitrogens with one attached hydrogen (secondary N) is 1. The SMILES string of the molecule is Cc1ccc(S(=O)(=O)N2CCC(C(=O)N[C@H](C(=O)N3CCN(C)CC3)C(C)C)CC2)cc1. The van der Waals surface area contributed by atoms with E-state index < -0.39 is 16.1 Å². The van der Waals surface area contributed by atoms with Crippen LogP contribution < -0.4 is 5.32 Å². The van der Waals surface area contributed by atoms with Gasteiger partial charge in [0.15, 0.2) is 0 Å². The zero-order valence-corrected chi connectivity index (χ0v) is 20.4. The lowest BCUT2D eigenvalue weighted by Gasteiger charge is -2.36. The number of aryl methyl sites for hydroxylation is 1. The van der Waals surface area contributed by atoms with Gasteiger partial charge in [0.2, 0.25) is 21.8 Å². The molecule has 0 radical (unpaired) electrons. The van der Waals surface area contributed by atoms with Crippen LogP contribution in [-0.4, -0.2) is 86.7 Å². The van der Waals surface area contributed by atoms with Gasteiger partial charge >= 0.3 is 0 Å². The van der Waals surface area contributed by atoms with Gasteiger partial charge in [-0.15, -0.1) is 0 Å². The minimum Gasteiger partial charge on any atom is -0.344 e. The lowest BCUT2D eigenvalue weighted by Crippen LogP contribution is -2.57. The molecule has 32 heavy (non-hydrogen) atoms. The fourth-order valence-electron chi connectivity index (χ4n) is 4.23.